The van der Waals surface area contributed by atoms with E-state index in [4.69, 9.17) is 19.9 Å². The van der Waals surface area contributed by atoms with Crippen molar-refractivity contribution < 1.29 is 0 Å². The predicted molar refractivity (Wildman–Crippen MR) is 232 cm³/mol. The van der Waals surface area contributed by atoms with Gasteiger partial charge in [0.05, 0.1) is 22.1 Å². The molecule has 0 saturated heterocycles. The first-order valence-corrected chi connectivity index (χ1v) is 19.0. The molecule has 0 spiro atoms. The highest BCUT2D eigenvalue weighted by Gasteiger charge is 2.16. The summed E-state index contributed by atoms with van der Waals surface area (Å²) in [6.45, 7) is 0. The van der Waals surface area contributed by atoms with E-state index in [1.807, 2.05) is 48.8 Å². The summed E-state index contributed by atoms with van der Waals surface area (Å²) in [5.74, 6) is 1.86. The normalized spacial score (nSPS) is 11.5. The maximum atomic E-state index is 5.05. The summed E-state index contributed by atoms with van der Waals surface area (Å²) >= 11 is 0. The predicted octanol–water partition coefficient (Wildman–Crippen LogP) is 12.4. The first-order valence-electron chi connectivity index (χ1n) is 19.0. The zero-order valence-corrected chi connectivity index (χ0v) is 30.7. The molecule has 0 fully saturated rings. The molecule has 0 aliphatic heterocycles. The molecule has 0 bridgehead atoms. The van der Waals surface area contributed by atoms with Gasteiger partial charge in [-0.1, -0.05) is 140 Å². The Balaban J connectivity index is 0.961. The number of hydrogen-bond donors (Lipinski definition) is 0. The largest absolute Gasteiger partial charge is 0.309 e. The van der Waals surface area contributed by atoms with Crippen LogP contribution in [0.5, 0.6) is 0 Å². The van der Waals surface area contributed by atoms with Gasteiger partial charge in [0.2, 0.25) is 0 Å². The van der Waals surface area contributed by atoms with Crippen LogP contribution in [-0.2, 0) is 0 Å². The lowest BCUT2D eigenvalue weighted by molar-refractivity contribution is 1.07. The van der Waals surface area contributed by atoms with Gasteiger partial charge in [0, 0.05) is 56.3 Å². The van der Waals surface area contributed by atoms with E-state index in [0.717, 1.165) is 66.4 Å². The molecule has 4 heterocycles. The highest BCUT2D eigenvalue weighted by molar-refractivity contribution is 6.11. The Morgan fingerprint density at radius 1 is 0.333 bits per heavy atom. The van der Waals surface area contributed by atoms with Crippen LogP contribution in [0, 0.1) is 0 Å². The number of rotatable bonds is 6. The van der Waals surface area contributed by atoms with Crippen molar-refractivity contribution in [2.45, 2.75) is 0 Å². The molecule has 0 amide bonds. The quantitative estimate of drug-likeness (QED) is 0.159. The van der Waals surface area contributed by atoms with Gasteiger partial charge in [0.15, 0.2) is 17.5 Å². The molecule has 11 aromatic rings. The minimum atomic E-state index is 0.615. The number of hydrogen-bond acceptors (Lipinski definition) is 5. The molecule has 266 valence electrons. The lowest BCUT2D eigenvalue weighted by Gasteiger charge is -2.11. The average molecular weight is 729 g/mol. The van der Waals surface area contributed by atoms with Crippen LogP contribution in [-0.4, -0.2) is 29.5 Å². The van der Waals surface area contributed by atoms with E-state index in [9.17, 15) is 0 Å². The van der Waals surface area contributed by atoms with Crippen LogP contribution in [0.1, 0.15) is 0 Å². The van der Waals surface area contributed by atoms with Gasteiger partial charge in [0.25, 0.3) is 0 Å². The first kappa shape index (κ1) is 32.6. The summed E-state index contributed by atoms with van der Waals surface area (Å²) in [6, 6.07) is 63.3. The van der Waals surface area contributed by atoms with E-state index < -0.39 is 0 Å². The summed E-state index contributed by atoms with van der Waals surface area (Å²) in [5.41, 5.74) is 12.5. The Kier molecular flexibility index (Phi) is 7.71. The smallest absolute Gasteiger partial charge is 0.164 e. The molecule has 0 atom stereocenters. The molecule has 4 aromatic heterocycles. The first-order chi connectivity index (χ1) is 28.2. The fourth-order valence-corrected chi connectivity index (χ4v) is 7.97. The van der Waals surface area contributed by atoms with Gasteiger partial charge >= 0.3 is 0 Å². The molecular weight excluding hydrogens is 697 g/mol. The fourth-order valence-electron chi connectivity index (χ4n) is 7.97. The minimum absolute atomic E-state index is 0.615. The van der Waals surface area contributed by atoms with Crippen molar-refractivity contribution in [3.63, 3.8) is 0 Å². The van der Waals surface area contributed by atoms with Crippen molar-refractivity contribution in [3.8, 4) is 62.1 Å². The average Bonchev–Trinajstić information content (AvgIpc) is 3.63. The Bertz CT molecular complexity index is 3270. The number of aromatic nitrogens is 6. The van der Waals surface area contributed by atoms with Crippen molar-refractivity contribution in [3.05, 3.63) is 194 Å². The topological polar surface area (TPSA) is 69.4 Å². The number of pyridine rings is 2. The van der Waals surface area contributed by atoms with Crippen LogP contribution in [0.2, 0.25) is 0 Å². The lowest BCUT2D eigenvalue weighted by atomic mass is 9.99. The molecule has 7 aromatic carbocycles. The van der Waals surface area contributed by atoms with E-state index in [0.29, 0.717) is 17.5 Å². The lowest BCUT2D eigenvalue weighted by Crippen LogP contribution is -2.00. The number of fused-ring (bicyclic) bond motifs is 6. The van der Waals surface area contributed by atoms with Crippen molar-refractivity contribution in [2.75, 3.05) is 0 Å². The Morgan fingerprint density at radius 2 is 0.912 bits per heavy atom. The molecular formula is C51H32N6. The third-order valence-electron chi connectivity index (χ3n) is 10.8. The molecule has 57 heavy (non-hydrogen) atoms. The van der Waals surface area contributed by atoms with E-state index >= 15 is 0 Å². The second-order valence-electron chi connectivity index (χ2n) is 14.1. The third kappa shape index (κ3) is 5.70. The third-order valence-corrected chi connectivity index (χ3v) is 10.8. The van der Waals surface area contributed by atoms with Crippen LogP contribution in [0.25, 0.3) is 106 Å². The van der Waals surface area contributed by atoms with Gasteiger partial charge in [-0.25, -0.2) is 15.0 Å². The highest BCUT2D eigenvalue weighted by atomic mass is 15.0. The molecule has 6 heteroatoms. The fraction of sp³-hybridized carbons (Fsp3) is 0. The second-order valence-corrected chi connectivity index (χ2v) is 14.1. The van der Waals surface area contributed by atoms with E-state index in [2.05, 4.69) is 155 Å². The standard InChI is InChI=1S/C51H32N6/c1-3-10-36(11-4-1)49-54-50(56-51(55-49)38-23-19-34(20-24-38)41-29-31-53-48-43(41)27-25-35-12-9-30-52-47(35)48)37-21-17-33(18-22-37)39-26-28-46-44(32-39)42-15-7-8-16-45(42)57(46)40-13-5-2-6-14-40/h1-32H. The van der Waals surface area contributed by atoms with Crippen molar-refractivity contribution in [2.24, 2.45) is 0 Å². The number of benzene rings is 7. The second kappa shape index (κ2) is 13.5. The molecule has 0 N–H and O–H groups in total. The molecule has 0 unspecified atom stereocenters. The number of nitrogens with zero attached hydrogens (tertiary/aromatic N) is 6. The molecule has 6 nitrogen and oxygen atoms in total. The molecule has 0 aliphatic rings. The summed E-state index contributed by atoms with van der Waals surface area (Å²) in [4.78, 5) is 24.4. The molecule has 0 saturated carbocycles. The van der Waals surface area contributed by atoms with Gasteiger partial charge in [-0.15, -0.1) is 0 Å². The van der Waals surface area contributed by atoms with Crippen LogP contribution in [0.15, 0.2) is 194 Å². The Labute approximate surface area is 328 Å². The van der Waals surface area contributed by atoms with Crippen molar-refractivity contribution in [1.82, 2.24) is 29.5 Å². The molecule has 11 rings (SSSR count). The van der Waals surface area contributed by atoms with Gasteiger partial charge in [-0.05, 0) is 64.7 Å². The van der Waals surface area contributed by atoms with Crippen LogP contribution in [0.4, 0.5) is 0 Å². The van der Waals surface area contributed by atoms with E-state index in [1.165, 1.54) is 21.8 Å². The minimum Gasteiger partial charge on any atom is -0.309 e. The zero-order chi connectivity index (χ0) is 37.7. The monoisotopic (exact) mass is 728 g/mol. The zero-order valence-electron chi connectivity index (χ0n) is 30.7. The molecule has 0 aliphatic carbocycles. The maximum absolute atomic E-state index is 5.05. The van der Waals surface area contributed by atoms with Gasteiger partial charge < -0.3 is 4.57 Å². The Morgan fingerprint density at radius 3 is 1.65 bits per heavy atom. The summed E-state index contributed by atoms with van der Waals surface area (Å²) in [7, 11) is 0. The Hall–Kier alpha value is -7.83. The summed E-state index contributed by atoms with van der Waals surface area (Å²) in [6.07, 6.45) is 3.68. The highest BCUT2D eigenvalue weighted by Crippen LogP contribution is 2.36. The van der Waals surface area contributed by atoms with Crippen molar-refractivity contribution in [1.29, 1.82) is 0 Å². The van der Waals surface area contributed by atoms with Gasteiger partial charge in [-0.2, -0.15) is 0 Å². The number of para-hydroxylation sites is 2. The van der Waals surface area contributed by atoms with Crippen molar-refractivity contribution >= 4 is 43.6 Å². The van der Waals surface area contributed by atoms with Crippen LogP contribution < -0.4 is 0 Å². The molecule has 0 radical (unpaired) electrons. The van der Waals surface area contributed by atoms with Crippen LogP contribution >= 0.6 is 0 Å². The summed E-state index contributed by atoms with van der Waals surface area (Å²) < 4.78 is 2.34. The van der Waals surface area contributed by atoms with Gasteiger partial charge in [-0.3, -0.25) is 9.97 Å². The van der Waals surface area contributed by atoms with E-state index in [1.54, 1.807) is 0 Å². The SMILES string of the molecule is c1ccc(-c2nc(-c3ccc(-c4ccc5c(c4)c4ccccc4n5-c4ccccc4)cc3)nc(-c3ccc(-c4ccnc5c4ccc4cccnc45)cc3)n2)cc1. The summed E-state index contributed by atoms with van der Waals surface area (Å²) in [5, 5.41) is 4.59. The maximum Gasteiger partial charge on any atom is 0.164 e. The van der Waals surface area contributed by atoms with Crippen LogP contribution in [0.3, 0.4) is 0 Å². The van der Waals surface area contributed by atoms with Gasteiger partial charge in [0.1, 0.15) is 0 Å². The van der Waals surface area contributed by atoms with E-state index in [-0.39, 0.29) is 0 Å².